The van der Waals surface area contributed by atoms with Crippen LogP contribution < -0.4 is 10.6 Å². The number of rotatable bonds is 8. The Kier molecular flexibility index (Phi) is 9.18. The molecule has 1 aliphatic rings. The van der Waals surface area contributed by atoms with Crippen molar-refractivity contribution >= 4 is 33.4 Å². The van der Waals surface area contributed by atoms with E-state index in [-0.39, 0.29) is 29.0 Å². The number of aliphatic hydroxyl groups is 2. The molecular formula is C27H32BrClFN3O3. The molecule has 0 aliphatic carbocycles. The van der Waals surface area contributed by atoms with E-state index in [1.807, 2.05) is 24.3 Å². The molecule has 1 heterocycles. The summed E-state index contributed by atoms with van der Waals surface area (Å²) in [6, 6.07) is 13.0. The Morgan fingerprint density at radius 3 is 2.56 bits per heavy atom. The maximum absolute atomic E-state index is 15.5. The lowest BCUT2D eigenvalue weighted by Crippen LogP contribution is -2.46. The van der Waals surface area contributed by atoms with Gasteiger partial charge in [-0.3, -0.25) is 4.79 Å². The Labute approximate surface area is 225 Å². The fourth-order valence-electron chi connectivity index (χ4n) is 5.05. The smallest absolute Gasteiger partial charge is 0.237 e. The number of halogens is 3. The van der Waals surface area contributed by atoms with E-state index in [0.717, 1.165) is 4.47 Å². The van der Waals surface area contributed by atoms with Gasteiger partial charge in [0, 0.05) is 23.0 Å². The van der Waals surface area contributed by atoms with Crippen LogP contribution in [0.4, 0.5) is 4.39 Å². The molecule has 9 heteroatoms. The van der Waals surface area contributed by atoms with Crippen molar-refractivity contribution in [3.05, 3.63) is 68.9 Å². The summed E-state index contributed by atoms with van der Waals surface area (Å²) in [6.07, 6.45) is -0.257. The average molecular weight is 581 g/mol. The van der Waals surface area contributed by atoms with E-state index < -0.39 is 47.9 Å². The second-order valence-electron chi connectivity index (χ2n) is 10.5. The van der Waals surface area contributed by atoms with Gasteiger partial charge in [-0.05, 0) is 47.6 Å². The number of hydrogen-bond acceptors (Lipinski definition) is 5. The molecule has 1 saturated heterocycles. The molecule has 0 saturated carbocycles. The van der Waals surface area contributed by atoms with Crippen LogP contribution in [0.3, 0.4) is 0 Å². The number of aliphatic hydroxyl groups excluding tert-OH is 2. The number of benzene rings is 2. The van der Waals surface area contributed by atoms with Crippen molar-refractivity contribution in [1.29, 1.82) is 5.26 Å². The lowest BCUT2D eigenvalue weighted by atomic mass is 9.63. The summed E-state index contributed by atoms with van der Waals surface area (Å²) in [5, 5.41) is 35.7. The molecule has 0 aromatic heterocycles. The molecule has 2 aromatic carbocycles. The molecule has 0 radical (unpaired) electrons. The van der Waals surface area contributed by atoms with E-state index in [1.165, 1.54) is 6.07 Å². The summed E-state index contributed by atoms with van der Waals surface area (Å²) in [5.41, 5.74) is -0.633. The molecule has 2 aromatic rings. The average Bonchev–Trinajstić information content (AvgIpc) is 3.14. The minimum absolute atomic E-state index is 0.0837. The van der Waals surface area contributed by atoms with Gasteiger partial charge in [0.25, 0.3) is 0 Å². The third kappa shape index (κ3) is 5.92. The van der Waals surface area contributed by atoms with Crippen LogP contribution in [0, 0.1) is 22.6 Å². The number of carbonyl (C=O) groups excluding carboxylic acids is 1. The minimum Gasteiger partial charge on any atom is -0.394 e. The van der Waals surface area contributed by atoms with Crippen LogP contribution in [-0.4, -0.2) is 47.5 Å². The molecule has 1 amide bonds. The van der Waals surface area contributed by atoms with Gasteiger partial charge in [-0.15, -0.1) is 0 Å². The van der Waals surface area contributed by atoms with Gasteiger partial charge < -0.3 is 20.8 Å². The first-order chi connectivity index (χ1) is 16.9. The minimum atomic E-state index is -1.29. The van der Waals surface area contributed by atoms with Gasteiger partial charge in [-0.2, -0.15) is 5.26 Å². The van der Waals surface area contributed by atoms with Crippen LogP contribution in [0.25, 0.3) is 0 Å². The van der Waals surface area contributed by atoms with Crippen molar-refractivity contribution < 1.29 is 19.4 Å². The summed E-state index contributed by atoms with van der Waals surface area (Å²) < 4.78 is 16.4. The predicted molar refractivity (Wildman–Crippen MR) is 141 cm³/mol. The second-order valence-corrected chi connectivity index (χ2v) is 11.8. The van der Waals surface area contributed by atoms with Gasteiger partial charge in [0.1, 0.15) is 11.2 Å². The molecule has 36 heavy (non-hydrogen) atoms. The third-order valence-corrected chi connectivity index (χ3v) is 7.48. The Morgan fingerprint density at radius 2 is 1.97 bits per heavy atom. The lowest BCUT2D eigenvalue weighted by Gasteiger charge is -2.37. The summed E-state index contributed by atoms with van der Waals surface area (Å²) >= 11 is 9.60. The maximum Gasteiger partial charge on any atom is 0.237 e. The topological polar surface area (TPSA) is 105 Å². The molecule has 6 nitrogen and oxygen atoms in total. The van der Waals surface area contributed by atoms with Crippen LogP contribution in [0.2, 0.25) is 5.02 Å². The van der Waals surface area contributed by atoms with E-state index in [9.17, 15) is 15.2 Å². The summed E-state index contributed by atoms with van der Waals surface area (Å²) in [5.74, 6) is -1.97. The van der Waals surface area contributed by atoms with Crippen LogP contribution in [0.5, 0.6) is 0 Å². The summed E-state index contributed by atoms with van der Waals surface area (Å²) in [4.78, 5) is 13.5. The van der Waals surface area contributed by atoms with Crippen molar-refractivity contribution in [2.45, 2.75) is 63.1 Å². The van der Waals surface area contributed by atoms with E-state index >= 15 is 4.39 Å². The molecule has 3 rings (SSSR count). The van der Waals surface area contributed by atoms with Gasteiger partial charge in [0.2, 0.25) is 5.91 Å². The standard InChI is InChI=1S/C27H32BrClFN3O3/c1-26(2,3)13-21-27(15-31,16-7-9-17(28)10-8-16)22(19-5-4-6-20(29)23(19)30)24(33-21)25(36)32-12-11-18(35)14-34/h4-10,18,21-22,24,33-35H,11-14H2,1-3H3,(H,32,36)/t18-,21-,22-,24+,27-/m0/s1. The zero-order valence-electron chi connectivity index (χ0n) is 20.6. The van der Waals surface area contributed by atoms with Crippen molar-refractivity contribution in [2.24, 2.45) is 5.41 Å². The van der Waals surface area contributed by atoms with Crippen LogP contribution in [0.15, 0.2) is 46.9 Å². The highest BCUT2D eigenvalue weighted by Gasteiger charge is 2.60. The van der Waals surface area contributed by atoms with E-state index in [0.29, 0.717) is 12.0 Å². The molecule has 0 unspecified atom stereocenters. The Morgan fingerprint density at radius 1 is 1.31 bits per heavy atom. The highest BCUT2D eigenvalue weighted by Crippen LogP contribution is 2.52. The van der Waals surface area contributed by atoms with Gasteiger partial charge in [0.05, 0.1) is 29.8 Å². The number of nitriles is 1. The molecule has 0 bridgehead atoms. The molecule has 1 aliphatic heterocycles. The maximum atomic E-state index is 15.5. The van der Waals surface area contributed by atoms with E-state index in [4.69, 9.17) is 16.7 Å². The molecular weight excluding hydrogens is 549 g/mol. The first-order valence-corrected chi connectivity index (χ1v) is 13.1. The zero-order chi connectivity index (χ0) is 26.7. The molecule has 194 valence electrons. The van der Waals surface area contributed by atoms with Gasteiger partial charge in [-0.25, -0.2) is 4.39 Å². The van der Waals surface area contributed by atoms with Crippen molar-refractivity contribution in [3.8, 4) is 6.07 Å². The molecule has 4 N–H and O–H groups in total. The predicted octanol–water partition coefficient (Wildman–Crippen LogP) is 4.42. The fourth-order valence-corrected chi connectivity index (χ4v) is 5.50. The van der Waals surface area contributed by atoms with Gasteiger partial charge in [-0.1, -0.05) is 72.6 Å². The monoisotopic (exact) mass is 579 g/mol. The highest BCUT2D eigenvalue weighted by molar-refractivity contribution is 9.10. The third-order valence-electron chi connectivity index (χ3n) is 6.66. The quantitative estimate of drug-likeness (QED) is 0.370. The Balaban J connectivity index is 2.19. The fraction of sp³-hybridized carbons (Fsp3) is 0.481. The molecule has 1 fully saturated rings. The summed E-state index contributed by atoms with van der Waals surface area (Å²) in [7, 11) is 0. The number of amides is 1. The number of nitrogens with zero attached hydrogens (tertiary/aromatic N) is 1. The van der Waals surface area contributed by atoms with Crippen molar-refractivity contribution in [1.82, 2.24) is 10.6 Å². The van der Waals surface area contributed by atoms with Crippen molar-refractivity contribution in [3.63, 3.8) is 0 Å². The SMILES string of the molecule is CC(C)(C)C[C@@H]1N[C@@H](C(=O)NCC[C@H](O)CO)[C@H](c2cccc(Cl)c2F)[C@@]1(C#N)c1ccc(Br)cc1. The lowest BCUT2D eigenvalue weighted by molar-refractivity contribution is -0.123. The largest absolute Gasteiger partial charge is 0.394 e. The van der Waals surface area contributed by atoms with Gasteiger partial charge >= 0.3 is 0 Å². The van der Waals surface area contributed by atoms with Crippen LogP contribution >= 0.6 is 27.5 Å². The normalized spacial score (nSPS) is 24.8. The zero-order valence-corrected chi connectivity index (χ0v) is 22.9. The first-order valence-electron chi connectivity index (χ1n) is 11.9. The van der Waals surface area contributed by atoms with Crippen LogP contribution in [0.1, 0.15) is 50.7 Å². The summed E-state index contributed by atoms with van der Waals surface area (Å²) in [6.45, 7) is 5.86. The van der Waals surface area contributed by atoms with E-state index in [1.54, 1.807) is 12.1 Å². The van der Waals surface area contributed by atoms with Crippen LogP contribution in [-0.2, 0) is 10.2 Å². The number of nitrogens with one attached hydrogen (secondary N) is 2. The van der Waals surface area contributed by atoms with E-state index in [2.05, 4.69) is 53.4 Å². The second kappa shape index (κ2) is 11.6. The first kappa shape index (κ1) is 28.5. The highest BCUT2D eigenvalue weighted by atomic mass is 79.9. The Bertz CT molecular complexity index is 1120. The molecule has 0 spiro atoms. The number of carbonyl (C=O) groups is 1. The number of hydrogen-bond donors (Lipinski definition) is 4. The Hall–Kier alpha value is -2.02. The molecule has 5 atom stereocenters. The van der Waals surface area contributed by atoms with Gasteiger partial charge in [0.15, 0.2) is 0 Å². The van der Waals surface area contributed by atoms with Crippen molar-refractivity contribution in [2.75, 3.05) is 13.2 Å².